The maximum Gasteiger partial charge on any atom is 0.337 e. The standard InChI is InChI=1S/C17H25N3O2Si/c1-22-17(21)15-10-8-14(9-11-15)6-5-7-16-12-20(19-18-16)13-23(2,3)4/h8-12H,5-7,13H2,1-4H3. The van der Waals surface area contributed by atoms with Crippen LogP contribution < -0.4 is 0 Å². The number of benzene rings is 1. The molecule has 2 aromatic rings. The Kier molecular flexibility index (Phi) is 5.71. The lowest BCUT2D eigenvalue weighted by molar-refractivity contribution is 0.0600. The molecule has 0 aliphatic heterocycles. The third kappa shape index (κ3) is 5.63. The van der Waals surface area contributed by atoms with Crippen molar-refractivity contribution in [3.8, 4) is 0 Å². The third-order valence-electron chi connectivity index (χ3n) is 3.50. The molecule has 1 aromatic heterocycles. The Balaban J connectivity index is 1.82. The molecular weight excluding hydrogens is 306 g/mol. The van der Waals surface area contributed by atoms with Gasteiger partial charge in [-0.05, 0) is 37.0 Å². The lowest BCUT2D eigenvalue weighted by Crippen LogP contribution is -2.28. The van der Waals surface area contributed by atoms with Crippen LogP contribution in [0.15, 0.2) is 30.5 Å². The average Bonchev–Trinajstić information content (AvgIpc) is 2.92. The summed E-state index contributed by atoms with van der Waals surface area (Å²) < 4.78 is 6.68. The SMILES string of the molecule is COC(=O)c1ccc(CCCc2cn(C[Si](C)(C)C)nn2)cc1. The van der Waals surface area contributed by atoms with E-state index in [-0.39, 0.29) is 5.97 Å². The molecule has 0 unspecified atom stereocenters. The van der Waals surface area contributed by atoms with Gasteiger partial charge >= 0.3 is 5.97 Å². The second-order valence-corrected chi connectivity index (χ2v) is 12.4. The molecule has 124 valence electrons. The van der Waals surface area contributed by atoms with Crippen LogP contribution in [0, 0.1) is 0 Å². The zero-order valence-electron chi connectivity index (χ0n) is 14.4. The lowest BCUT2D eigenvalue weighted by atomic mass is 10.1. The van der Waals surface area contributed by atoms with Gasteiger partial charge < -0.3 is 4.74 Å². The number of esters is 1. The van der Waals surface area contributed by atoms with Gasteiger partial charge in [0.2, 0.25) is 0 Å². The maximum atomic E-state index is 11.4. The van der Waals surface area contributed by atoms with Crippen LogP contribution in [0.2, 0.25) is 19.6 Å². The number of hydrogen-bond donors (Lipinski definition) is 0. The number of methoxy groups -OCH3 is 1. The number of hydrogen-bond acceptors (Lipinski definition) is 4. The highest BCUT2D eigenvalue weighted by Gasteiger charge is 2.15. The molecule has 0 spiro atoms. The van der Waals surface area contributed by atoms with Gasteiger partial charge in [0.25, 0.3) is 0 Å². The Bertz CT molecular complexity index is 645. The molecule has 2 rings (SSSR count). The highest BCUT2D eigenvalue weighted by Crippen LogP contribution is 2.10. The fourth-order valence-electron chi connectivity index (χ4n) is 2.42. The largest absolute Gasteiger partial charge is 0.465 e. The van der Waals surface area contributed by atoms with Gasteiger partial charge in [-0.3, -0.25) is 4.68 Å². The summed E-state index contributed by atoms with van der Waals surface area (Å²) >= 11 is 0. The Morgan fingerprint density at radius 3 is 2.48 bits per heavy atom. The fraction of sp³-hybridized carbons (Fsp3) is 0.471. The summed E-state index contributed by atoms with van der Waals surface area (Å²) in [7, 11) is 0.231. The quantitative estimate of drug-likeness (QED) is 0.578. The predicted octanol–water partition coefficient (Wildman–Crippen LogP) is 3.12. The van der Waals surface area contributed by atoms with Crippen molar-refractivity contribution in [3.05, 3.63) is 47.3 Å². The molecule has 0 fully saturated rings. The summed E-state index contributed by atoms with van der Waals surface area (Å²) in [5.41, 5.74) is 2.85. The average molecular weight is 331 g/mol. The van der Waals surface area contributed by atoms with Gasteiger partial charge in [-0.25, -0.2) is 4.79 Å². The summed E-state index contributed by atoms with van der Waals surface area (Å²) in [4.78, 5) is 11.4. The monoisotopic (exact) mass is 331 g/mol. The van der Waals surface area contributed by atoms with E-state index in [0.29, 0.717) is 5.56 Å². The van der Waals surface area contributed by atoms with Gasteiger partial charge in [0.05, 0.1) is 26.4 Å². The van der Waals surface area contributed by atoms with E-state index >= 15 is 0 Å². The minimum Gasteiger partial charge on any atom is -0.465 e. The molecule has 0 radical (unpaired) electrons. The summed E-state index contributed by atoms with van der Waals surface area (Å²) in [5, 5.41) is 8.47. The minimum absolute atomic E-state index is 0.296. The van der Waals surface area contributed by atoms with Gasteiger partial charge in [0, 0.05) is 12.4 Å². The first-order valence-corrected chi connectivity index (χ1v) is 11.6. The Morgan fingerprint density at radius 1 is 1.17 bits per heavy atom. The van der Waals surface area contributed by atoms with E-state index < -0.39 is 8.07 Å². The zero-order chi connectivity index (χ0) is 16.9. The second-order valence-electron chi connectivity index (χ2n) is 7.01. The van der Waals surface area contributed by atoms with Crippen molar-refractivity contribution in [2.24, 2.45) is 0 Å². The molecule has 0 aliphatic rings. The third-order valence-corrected chi connectivity index (χ3v) is 4.77. The molecule has 0 amide bonds. The van der Waals surface area contributed by atoms with Gasteiger partial charge in [0.15, 0.2) is 0 Å². The van der Waals surface area contributed by atoms with Crippen LogP contribution in [0.25, 0.3) is 0 Å². The molecule has 5 nitrogen and oxygen atoms in total. The van der Waals surface area contributed by atoms with Gasteiger partial charge in [-0.1, -0.05) is 37.0 Å². The Hall–Kier alpha value is -1.95. The smallest absolute Gasteiger partial charge is 0.337 e. The molecule has 6 heteroatoms. The van der Waals surface area contributed by atoms with Crippen LogP contribution in [-0.2, 0) is 23.7 Å². The molecule has 1 heterocycles. The van der Waals surface area contributed by atoms with Crippen LogP contribution in [0.4, 0.5) is 0 Å². The van der Waals surface area contributed by atoms with Gasteiger partial charge in [-0.15, -0.1) is 5.10 Å². The Labute approximate surface area is 138 Å². The van der Waals surface area contributed by atoms with Crippen LogP contribution in [0.1, 0.15) is 28.0 Å². The molecule has 0 aliphatic carbocycles. The van der Waals surface area contributed by atoms with Crippen LogP contribution in [0.5, 0.6) is 0 Å². The number of nitrogens with zero attached hydrogens (tertiary/aromatic N) is 3. The minimum atomic E-state index is -1.16. The maximum absolute atomic E-state index is 11.4. The van der Waals surface area contributed by atoms with E-state index in [1.807, 2.05) is 28.9 Å². The molecule has 1 aromatic carbocycles. The molecule has 0 N–H and O–H groups in total. The van der Waals surface area contributed by atoms with Crippen LogP contribution in [0.3, 0.4) is 0 Å². The number of rotatable bonds is 7. The van der Waals surface area contributed by atoms with E-state index in [1.165, 1.54) is 12.7 Å². The first-order chi connectivity index (χ1) is 10.9. The van der Waals surface area contributed by atoms with Crippen molar-refractivity contribution in [1.29, 1.82) is 0 Å². The number of carbonyl (C=O) groups is 1. The van der Waals surface area contributed by atoms with Gasteiger partial charge in [0.1, 0.15) is 0 Å². The van der Waals surface area contributed by atoms with Crippen molar-refractivity contribution in [2.45, 2.75) is 45.1 Å². The zero-order valence-corrected chi connectivity index (χ0v) is 15.4. The fourth-order valence-corrected chi connectivity index (χ4v) is 3.54. The topological polar surface area (TPSA) is 57.0 Å². The van der Waals surface area contributed by atoms with Crippen molar-refractivity contribution in [2.75, 3.05) is 7.11 Å². The highest BCUT2D eigenvalue weighted by atomic mass is 28.3. The summed E-state index contributed by atoms with van der Waals surface area (Å²) in [5.74, 6) is -0.296. The number of aromatic nitrogens is 3. The molecule has 0 bridgehead atoms. The van der Waals surface area contributed by atoms with E-state index in [1.54, 1.807) is 0 Å². The highest BCUT2D eigenvalue weighted by molar-refractivity contribution is 6.74. The van der Waals surface area contributed by atoms with Crippen molar-refractivity contribution >= 4 is 14.0 Å². The first-order valence-electron chi connectivity index (χ1n) is 7.94. The van der Waals surface area contributed by atoms with Crippen LogP contribution in [-0.4, -0.2) is 36.1 Å². The molecule has 0 saturated carbocycles. The molecule has 0 saturated heterocycles. The number of ether oxygens (including phenoxy) is 1. The number of aryl methyl sites for hydroxylation is 2. The number of carbonyl (C=O) groups excluding carboxylic acids is 1. The van der Waals surface area contributed by atoms with Crippen LogP contribution >= 0.6 is 0 Å². The lowest BCUT2D eigenvalue weighted by Gasteiger charge is -2.14. The van der Waals surface area contributed by atoms with E-state index in [0.717, 1.165) is 31.1 Å². The Morgan fingerprint density at radius 2 is 1.87 bits per heavy atom. The summed E-state index contributed by atoms with van der Waals surface area (Å²) in [6.07, 6.45) is 5.98. The van der Waals surface area contributed by atoms with Crippen molar-refractivity contribution < 1.29 is 9.53 Å². The van der Waals surface area contributed by atoms with Crippen molar-refractivity contribution in [1.82, 2.24) is 15.0 Å². The van der Waals surface area contributed by atoms with Crippen molar-refractivity contribution in [3.63, 3.8) is 0 Å². The first kappa shape index (κ1) is 17.4. The molecule has 0 atom stereocenters. The molecule has 23 heavy (non-hydrogen) atoms. The van der Waals surface area contributed by atoms with Gasteiger partial charge in [-0.2, -0.15) is 0 Å². The van der Waals surface area contributed by atoms with E-state index in [4.69, 9.17) is 4.74 Å². The summed E-state index contributed by atoms with van der Waals surface area (Å²) in [6.45, 7) is 6.98. The second kappa shape index (κ2) is 7.54. The predicted molar refractivity (Wildman–Crippen MR) is 93.2 cm³/mol. The normalized spacial score (nSPS) is 11.5. The summed E-state index contributed by atoms with van der Waals surface area (Å²) in [6, 6.07) is 7.58. The van der Waals surface area contributed by atoms with E-state index in [2.05, 4.69) is 36.1 Å². The molecular formula is C17H25N3O2Si. The van der Waals surface area contributed by atoms with E-state index in [9.17, 15) is 4.79 Å².